The van der Waals surface area contributed by atoms with Gasteiger partial charge in [0.15, 0.2) is 0 Å². The van der Waals surface area contributed by atoms with Crippen molar-refractivity contribution in [1.82, 2.24) is 10.2 Å². The molecule has 25 heavy (non-hydrogen) atoms. The van der Waals surface area contributed by atoms with Gasteiger partial charge in [0.2, 0.25) is 22.0 Å². The molecule has 1 aliphatic heterocycles. The van der Waals surface area contributed by atoms with Crippen molar-refractivity contribution in [3.63, 3.8) is 0 Å². The van der Waals surface area contributed by atoms with Crippen LogP contribution in [-0.4, -0.2) is 28.6 Å². The molecule has 1 aromatic carbocycles. The number of para-hydroxylation sites is 1. The Kier molecular flexibility index (Phi) is 4.46. The van der Waals surface area contributed by atoms with Crippen molar-refractivity contribution in [3.05, 3.63) is 34.8 Å². The van der Waals surface area contributed by atoms with E-state index in [4.69, 9.17) is 0 Å². The first-order valence-electron chi connectivity index (χ1n) is 7.33. The van der Waals surface area contributed by atoms with Gasteiger partial charge in [0, 0.05) is 18.7 Å². The average molecular weight is 370 g/mol. The number of carbonyl (C=O) groups is 2. The van der Waals surface area contributed by atoms with E-state index in [1.807, 2.05) is 19.1 Å². The van der Waals surface area contributed by atoms with Gasteiger partial charge < -0.3 is 10.2 Å². The molecule has 0 aliphatic carbocycles. The van der Waals surface area contributed by atoms with Crippen LogP contribution in [0, 0.1) is 12.8 Å². The number of rotatable bonds is 3. The molecule has 0 saturated carbocycles. The molecular weight excluding hydrogens is 357 g/mol. The van der Waals surface area contributed by atoms with Gasteiger partial charge >= 0.3 is 6.18 Å². The Morgan fingerprint density at radius 3 is 2.68 bits per heavy atom. The van der Waals surface area contributed by atoms with Crippen LogP contribution in [0.4, 0.5) is 24.0 Å². The van der Waals surface area contributed by atoms with Gasteiger partial charge in [-0.05, 0) is 18.6 Å². The highest BCUT2D eigenvalue weighted by molar-refractivity contribution is 7.15. The Morgan fingerprint density at radius 1 is 1.32 bits per heavy atom. The highest BCUT2D eigenvalue weighted by Gasteiger charge is 2.38. The lowest BCUT2D eigenvalue weighted by Gasteiger charge is -2.18. The molecule has 1 saturated heterocycles. The molecular formula is C15H13F3N4O2S. The second-order valence-corrected chi connectivity index (χ2v) is 6.57. The first-order valence-corrected chi connectivity index (χ1v) is 8.15. The Bertz CT molecular complexity index is 821. The zero-order chi connectivity index (χ0) is 18.2. The summed E-state index contributed by atoms with van der Waals surface area (Å²) in [5.74, 6) is -1.41. The number of hydrogen-bond acceptors (Lipinski definition) is 5. The number of aromatic nitrogens is 2. The van der Waals surface area contributed by atoms with Crippen molar-refractivity contribution < 1.29 is 22.8 Å². The molecule has 10 heteroatoms. The molecule has 0 unspecified atom stereocenters. The van der Waals surface area contributed by atoms with E-state index < -0.39 is 23.0 Å². The van der Waals surface area contributed by atoms with E-state index in [1.165, 1.54) is 4.90 Å². The summed E-state index contributed by atoms with van der Waals surface area (Å²) in [5.41, 5.74) is 1.62. The minimum Gasteiger partial charge on any atom is -0.311 e. The summed E-state index contributed by atoms with van der Waals surface area (Å²) in [6.45, 7) is 2.02. The second kappa shape index (κ2) is 6.43. The molecule has 1 N–H and O–H groups in total. The first kappa shape index (κ1) is 17.3. The zero-order valence-electron chi connectivity index (χ0n) is 13.0. The fourth-order valence-electron chi connectivity index (χ4n) is 2.58. The molecule has 2 amide bonds. The molecule has 6 nitrogen and oxygen atoms in total. The van der Waals surface area contributed by atoms with Crippen LogP contribution < -0.4 is 10.2 Å². The maximum Gasteiger partial charge on any atom is 0.445 e. The molecule has 0 spiro atoms. The summed E-state index contributed by atoms with van der Waals surface area (Å²) in [7, 11) is 0. The summed E-state index contributed by atoms with van der Waals surface area (Å²) >= 11 is 0.250. The number of amides is 2. The van der Waals surface area contributed by atoms with Crippen molar-refractivity contribution >= 4 is 34.0 Å². The standard InChI is InChI=1S/C15H13F3N4O2S/c1-8-4-2-3-5-10(8)22-7-9(6-11(22)23)12(24)19-14-21-20-13(25-14)15(16,17)18/h2-5,9H,6-7H2,1H3,(H,19,21,24)/t9-/m1/s1. The Hall–Kier alpha value is -2.49. The monoisotopic (exact) mass is 370 g/mol. The number of alkyl halides is 3. The molecule has 132 valence electrons. The lowest BCUT2D eigenvalue weighted by Crippen LogP contribution is -2.28. The number of benzene rings is 1. The zero-order valence-corrected chi connectivity index (χ0v) is 13.8. The fourth-order valence-corrected chi connectivity index (χ4v) is 3.19. The van der Waals surface area contributed by atoms with Crippen molar-refractivity contribution in [2.24, 2.45) is 5.92 Å². The van der Waals surface area contributed by atoms with Crippen LogP contribution in [0.1, 0.15) is 17.0 Å². The third-order valence-corrected chi connectivity index (χ3v) is 4.68. The molecule has 3 rings (SSSR count). The SMILES string of the molecule is Cc1ccccc1N1C[C@H](C(=O)Nc2nnc(C(F)(F)F)s2)CC1=O. The van der Waals surface area contributed by atoms with Crippen molar-refractivity contribution in [2.75, 3.05) is 16.8 Å². The summed E-state index contributed by atoms with van der Waals surface area (Å²) in [4.78, 5) is 26.0. The Morgan fingerprint density at radius 2 is 2.04 bits per heavy atom. The maximum absolute atomic E-state index is 12.5. The maximum atomic E-state index is 12.5. The fraction of sp³-hybridized carbons (Fsp3) is 0.333. The van der Waals surface area contributed by atoms with Crippen LogP contribution in [0.3, 0.4) is 0 Å². The minimum absolute atomic E-state index is 0.00883. The van der Waals surface area contributed by atoms with Crippen LogP contribution in [-0.2, 0) is 15.8 Å². The number of aryl methyl sites for hydroxylation is 1. The summed E-state index contributed by atoms with van der Waals surface area (Å²) in [6, 6.07) is 7.28. The summed E-state index contributed by atoms with van der Waals surface area (Å²) in [6.07, 6.45) is -4.61. The molecule has 1 aliphatic rings. The topological polar surface area (TPSA) is 75.2 Å². The van der Waals surface area contributed by atoms with Crippen molar-refractivity contribution in [2.45, 2.75) is 19.5 Å². The van der Waals surface area contributed by atoms with Gasteiger partial charge in [0.1, 0.15) is 0 Å². The Labute approximate surface area is 144 Å². The van der Waals surface area contributed by atoms with Gasteiger partial charge in [-0.1, -0.05) is 29.5 Å². The van der Waals surface area contributed by atoms with E-state index in [-0.39, 0.29) is 35.3 Å². The van der Waals surface area contributed by atoms with Crippen LogP contribution in [0.15, 0.2) is 24.3 Å². The summed E-state index contributed by atoms with van der Waals surface area (Å²) < 4.78 is 37.5. The largest absolute Gasteiger partial charge is 0.445 e. The van der Waals surface area contributed by atoms with Crippen LogP contribution in [0.5, 0.6) is 0 Å². The normalized spacial score (nSPS) is 17.8. The highest BCUT2D eigenvalue weighted by Crippen LogP contribution is 2.33. The quantitative estimate of drug-likeness (QED) is 0.902. The van der Waals surface area contributed by atoms with E-state index in [0.717, 1.165) is 11.3 Å². The third kappa shape index (κ3) is 3.63. The summed E-state index contributed by atoms with van der Waals surface area (Å²) in [5, 5.41) is 7.27. The van der Waals surface area contributed by atoms with Crippen molar-refractivity contribution in [3.8, 4) is 0 Å². The number of nitrogens with zero attached hydrogens (tertiary/aromatic N) is 3. The van der Waals surface area contributed by atoms with Gasteiger partial charge in [0.05, 0.1) is 5.92 Å². The number of halogens is 3. The third-order valence-electron chi connectivity index (χ3n) is 3.80. The van der Waals surface area contributed by atoms with Crippen LogP contribution >= 0.6 is 11.3 Å². The van der Waals surface area contributed by atoms with Crippen molar-refractivity contribution in [1.29, 1.82) is 0 Å². The second-order valence-electron chi connectivity index (χ2n) is 5.59. The van der Waals surface area contributed by atoms with Gasteiger partial charge in [-0.15, -0.1) is 10.2 Å². The van der Waals surface area contributed by atoms with Gasteiger partial charge in [-0.2, -0.15) is 13.2 Å². The molecule has 2 heterocycles. The van der Waals surface area contributed by atoms with Crippen LogP contribution in [0.25, 0.3) is 0 Å². The van der Waals surface area contributed by atoms with Gasteiger partial charge in [-0.3, -0.25) is 9.59 Å². The number of carbonyl (C=O) groups excluding carboxylic acids is 2. The lowest BCUT2D eigenvalue weighted by molar-refractivity contribution is -0.138. The number of anilines is 2. The predicted molar refractivity (Wildman–Crippen MR) is 85.2 cm³/mol. The van der Waals surface area contributed by atoms with E-state index in [2.05, 4.69) is 15.5 Å². The molecule has 1 aromatic heterocycles. The molecule has 2 aromatic rings. The predicted octanol–water partition coefficient (Wildman–Crippen LogP) is 2.86. The smallest absolute Gasteiger partial charge is 0.311 e. The number of nitrogens with one attached hydrogen (secondary N) is 1. The van der Waals surface area contributed by atoms with Crippen LogP contribution in [0.2, 0.25) is 0 Å². The Balaban J connectivity index is 1.69. The van der Waals surface area contributed by atoms with Gasteiger partial charge in [0.25, 0.3) is 0 Å². The molecule has 0 bridgehead atoms. The lowest BCUT2D eigenvalue weighted by atomic mass is 10.1. The number of hydrogen-bond donors (Lipinski definition) is 1. The van der Waals surface area contributed by atoms with E-state index in [9.17, 15) is 22.8 Å². The van der Waals surface area contributed by atoms with E-state index in [1.54, 1.807) is 12.1 Å². The van der Waals surface area contributed by atoms with E-state index >= 15 is 0 Å². The first-order chi connectivity index (χ1) is 11.8. The van der Waals surface area contributed by atoms with Gasteiger partial charge in [-0.25, -0.2) is 0 Å². The molecule has 1 fully saturated rings. The molecule has 0 radical (unpaired) electrons. The minimum atomic E-state index is -4.61. The van der Waals surface area contributed by atoms with E-state index in [0.29, 0.717) is 0 Å². The molecule has 1 atom stereocenters. The average Bonchev–Trinajstić information content (AvgIpc) is 3.14. The highest BCUT2D eigenvalue weighted by atomic mass is 32.1.